The summed E-state index contributed by atoms with van der Waals surface area (Å²) in [6.45, 7) is 7.25. The van der Waals surface area contributed by atoms with E-state index < -0.39 is 7.12 Å². The van der Waals surface area contributed by atoms with Gasteiger partial charge in [0.1, 0.15) is 12.4 Å². The van der Waals surface area contributed by atoms with Crippen LogP contribution in [0.5, 0.6) is 5.75 Å². The van der Waals surface area contributed by atoms with E-state index in [2.05, 4.69) is 18.7 Å². The van der Waals surface area contributed by atoms with E-state index in [1.807, 2.05) is 11.8 Å². The molecule has 1 saturated heterocycles. The molecule has 0 aliphatic carbocycles. The number of rotatable bonds is 5. The molecule has 0 bridgehead atoms. The second-order valence-corrected chi connectivity index (χ2v) is 6.63. The Bertz CT molecular complexity index is 415. The van der Waals surface area contributed by atoms with Crippen LogP contribution in [0.4, 0.5) is 0 Å². The first-order valence-electron chi connectivity index (χ1n) is 7.02. The van der Waals surface area contributed by atoms with Crippen molar-refractivity contribution in [2.75, 3.05) is 25.4 Å². The Balaban J connectivity index is 1.78. The lowest BCUT2D eigenvalue weighted by Crippen LogP contribution is -2.46. The molecule has 4 nitrogen and oxygen atoms in total. The topological polar surface area (TPSA) is 52.9 Å². The van der Waals surface area contributed by atoms with E-state index in [0.717, 1.165) is 18.8 Å². The predicted octanol–water partition coefficient (Wildman–Crippen LogP) is 0.571. The minimum absolute atomic E-state index is 0.479. The molecule has 2 atom stereocenters. The number of hydrogen-bond acceptors (Lipinski definition) is 5. The molecule has 1 aliphatic rings. The lowest BCUT2D eigenvalue weighted by Gasteiger charge is -2.37. The molecule has 110 valence electrons. The molecular weight excluding hydrogens is 273 g/mol. The second kappa shape index (κ2) is 7.36. The van der Waals surface area contributed by atoms with E-state index >= 15 is 0 Å². The highest BCUT2D eigenvalue weighted by Crippen LogP contribution is 2.23. The normalized spacial score (nSPS) is 23.6. The van der Waals surface area contributed by atoms with Gasteiger partial charge in [0.2, 0.25) is 0 Å². The van der Waals surface area contributed by atoms with Crippen LogP contribution in [0.2, 0.25) is 0 Å². The van der Waals surface area contributed by atoms with Gasteiger partial charge < -0.3 is 14.8 Å². The van der Waals surface area contributed by atoms with Gasteiger partial charge in [-0.3, -0.25) is 4.90 Å². The van der Waals surface area contributed by atoms with E-state index in [9.17, 15) is 0 Å². The summed E-state index contributed by atoms with van der Waals surface area (Å²) < 4.78 is 5.72. The third-order valence-corrected chi connectivity index (χ3v) is 5.18. The maximum atomic E-state index is 9.02. The van der Waals surface area contributed by atoms with Crippen LogP contribution >= 0.6 is 11.8 Å². The SMILES string of the molecule is CC1SCCN(CCOc2ccc(B(O)O)cc2)C1C. The number of thioether (sulfide) groups is 1. The molecular formula is C14H22BNO3S. The van der Waals surface area contributed by atoms with Crippen molar-refractivity contribution in [2.45, 2.75) is 25.1 Å². The van der Waals surface area contributed by atoms with E-state index in [1.54, 1.807) is 24.3 Å². The summed E-state index contributed by atoms with van der Waals surface area (Å²) in [5, 5.41) is 18.7. The van der Waals surface area contributed by atoms with Crippen molar-refractivity contribution in [2.24, 2.45) is 0 Å². The van der Waals surface area contributed by atoms with Crippen LogP contribution in [0.3, 0.4) is 0 Å². The zero-order valence-electron chi connectivity index (χ0n) is 12.0. The van der Waals surface area contributed by atoms with Gasteiger partial charge in [0.05, 0.1) is 0 Å². The van der Waals surface area contributed by atoms with Crippen molar-refractivity contribution >= 4 is 24.3 Å². The van der Waals surface area contributed by atoms with Crippen molar-refractivity contribution in [3.8, 4) is 5.75 Å². The third kappa shape index (κ3) is 4.15. The maximum absolute atomic E-state index is 9.02. The first kappa shape index (κ1) is 15.7. The van der Waals surface area contributed by atoms with Crippen molar-refractivity contribution in [1.29, 1.82) is 0 Å². The van der Waals surface area contributed by atoms with Crippen molar-refractivity contribution in [1.82, 2.24) is 4.90 Å². The first-order valence-corrected chi connectivity index (χ1v) is 8.07. The Labute approximate surface area is 125 Å². The number of benzene rings is 1. The highest BCUT2D eigenvalue weighted by molar-refractivity contribution is 8.00. The van der Waals surface area contributed by atoms with Gasteiger partial charge in [-0.1, -0.05) is 19.1 Å². The Morgan fingerprint density at radius 1 is 1.30 bits per heavy atom. The van der Waals surface area contributed by atoms with Crippen LogP contribution in [-0.4, -0.2) is 58.8 Å². The van der Waals surface area contributed by atoms with Gasteiger partial charge in [0.25, 0.3) is 0 Å². The third-order valence-electron chi connectivity index (χ3n) is 3.84. The van der Waals surface area contributed by atoms with Gasteiger partial charge in [-0.2, -0.15) is 11.8 Å². The molecule has 1 fully saturated rings. The Morgan fingerprint density at radius 2 is 2.00 bits per heavy atom. The van der Waals surface area contributed by atoms with Gasteiger partial charge in [-0.05, 0) is 24.5 Å². The zero-order chi connectivity index (χ0) is 14.5. The fourth-order valence-electron chi connectivity index (χ4n) is 2.33. The summed E-state index contributed by atoms with van der Waals surface area (Å²) in [5.41, 5.74) is 0.479. The lowest BCUT2D eigenvalue weighted by atomic mass is 9.80. The molecule has 0 aromatic heterocycles. The zero-order valence-corrected chi connectivity index (χ0v) is 12.8. The molecule has 0 saturated carbocycles. The Kier molecular flexibility index (Phi) is 5.78. The number of nitrogens with zero attached hydrogens (tertiary/aromatic N) is 1. The number of ether oxygens (including phenoxy) is 1. The van der Waals surface area contributed by atoms with Crippen molar-refractivity contribution in [3.63, 3.8) is 0 Å². The summed E-state index contributed by atoms with van der Waals surface area (Å²) in [5.74, 6) is 1.95. The van der Waals surface area contributed by atoms with E-state index in [0.29, 0.717) is 23.4 Å². The van der Waals surface area contributed by atoms with Crippen LogP contribution < -0.4 is 10.2 Å². The quantitative estimate of drug-likeness (QED) is 0.778. The Morgan fingerprint density at radius 3 is 2.65 bits per heavy atom. The monoisotopic (exact) mass is 295 g/mol. The van der Waals surface area contributed by atoms with Crippen LogP contribution in [0.1, 0.15) is 13.8 Å². The summed E-state index contributed by atoms with van der Waals surface area (Å²) in [6.07, 6.45) is 0. The second-order valence-electron chi connectivity index (χ2n) is 5.14. The molecule has 2 rings (SSSR count). The van der Waals surface area contributed by atoms with Crippen LogP contribution in [0.25, 0.3) is 0 Å². The van der Waals surface area contributed by atoms with Gasteiger partial charge in [0, 0.05) is 30.1 Å². The average Bonchev–Trinajstić information content (AvgIpc) is 2.44. The van der Waals surface area contributed by atoms with E-state index in [-0.39, 0.29) is 0 Å². The predicted molar refractivity (Wildman–Crippen MR) is 84.7 cm³/mol. The molecule has 2 N–H and O–H groups in total. The maximum Gasteiger partial charge on any atom is 0.488 e. The fraction of sp³-hybridized carbons (Fsp3) is 0.571. The minimum atomic E-state index is -1.42. The molecule has 1 heterocycles. The lowest BCUT2D eigenvalue weighted by molar-refractivity contribution is 0.170. The molecule has 1 aromatic rings. The highest BCUT2D eigenvalue weighted by Gasteiger charge is 2.24. The van der Waals surface area contributed by atoms with Crippen LogP contribution in [0, 0.1) is 0 Å². The molecule has 1 aliphatic heterocycles. The highest BCUT2D eigenvalue weighted by atomic mass is 32.2. The van der Waals surface area contributed by atoms with Crippen LogP contribution in [0.15, 0.2) is 24.3 Å². The smallest absolute Gasteiger partial charge is 0.488 e. The standard InChI is InChI=1S/C14H22BNO3S/c1-11-12(2)20-10-8-16(11)7-9-19-14-5-3-13(4-6-14)15(17)18/h3-6,11-12,17-18H,7-10H2,1-2H3. The molecule has 0 radical (unpaired) electrons. The summed E-state index contributed by atoms with van der Waals surface area (Å²) in [7, 11) is -1.42. The first-order chi connectivity index (χ1) is 9.58. The number of hydrogen-bond donors (Lipinski definition) is 2. The molecule has 0 spiro atoms. The molecule has 2 unspecified atom stereocenters. The molecule has 0 amide bonds. The van der Waals surface area contributed by atoms with Gasteiger partial charge in [0.15, 0.2) is 0 Å². The van der Waals surface area contributed by atoms with Gasteiger partial charge in [-0.25, -0.2) is 0 Å². The summed E-state index contributed by atoms with van der Waals surface area (Å²) in [4.78, 5) is 2.47. The van der Waals surface area contributed by atoms with E-state index in [1.165, 1.54) is 5.75 Å². The summed E-state index contributed by atoms with van der Waals surface area (Å²) >= 11 is 2.03. The molecule has 6 heteroatoms. The van der Waals surface area contributed by atoms with Crippen LogP contribution in [-0.2, 0) is 0 Å². The summed E-state index contributed by atoms with van der Waals surface area (Å²) in [6, 6.07) is 7.47. The van der Waals surface area contributed by atoms with Gasteiger partial charge >= 0.3 is 7.12 Å². The largest absolute Gasteiger partial charge is 0.492 e. The average molecular weight is 295 g/mol. The minimum Gasteiger partial charge on any atom is -0.492 e. The van der Waals surface area contributed by atoms with E-state index in [4.69, 9.17) is 14.8 Å². The van der Waals surface area contributed by atoms with Gasteiger partial charge in [-0.15, -0.1) is 0 Å². The molecule has 20 heavy (non-hydrogen) atoms. The molecule has 1 aromatic carbocycles. The van der Waals surface area contributed by atoms with Crippen molar-refractivity contribution < 1.29 is 14.8 Å². The Hall–Kier alpha value is -0.685. The fourth-order valence-corrected chi connectivity index (χ4v) is 3.49. The van der Waals surface area contributed by atoms with Crippen molar-refractivity contribution in [3.05, 3.63) is 24.3 Å².